The Hall–Kier alpha value is -2.41. The molecule has 0 aliphatic rings. The van der Waals surface area contributed by atoms with Gasteiger partial charge in [-0.15, -0.1) is 0 Å². The Labute approximate surface area is 128 Å². The average Bonchev–Trinajstić information content (AvgIpc) is 2.45. The zero-order valence-corrected chi connectivity index (χ0v) is 12.8. The SMILES string of the molecule is COC[C@@](C)(NC(=O)COc1cccc(C(C)=O)c1)C(N)=O. The molecule has 1 aromatic rings. The third-order valence-corrected chi connectivity index (χ3v) is 3.00. The van der Waals surface area contributed by atoms with Gasteiger partial charge in [-0.2, -0.15) is 0 Å². The number of hydrogen-bond donors (Lipinski definition) is 2. The molecule has 1 rings (SSSR count). The predicted octanol–water partition coefficient (Wildman–Crippen LogP) is 0.275. The minimum Gasteiger partial charge on any atom is -0.484 e. The number of hydrogen-bond acceptors (Lipinski definition) is 5. The maximum Gasteiger partial charge on any atom is 0.258 e. The lowest BCUT2D eigenvalue weighted by Gasteiger charge is -2.26. The van der Waals surface area contributed by atoms with Crippen LogP contribution in [0.25, 0.3) is 0 Å². The standard InChI is InChI=1S/C15H20N2O5/c1-10(18)11-5-4-6-12(7-11)22-8-13(19)17-15(2,9-21-3)14(16)20/h4-7H,8-9H2,1-3H3,(H2,16,20)(H,17,19)/t15-/m1/s1. The molecule has 22 heavy (non-hydrogen) atoms. The van der Waals surface area contributed by atoms with Crippen molar-refractivity contribution < 1.29 is 23.9 Å². The fraction of sp³-hybridized carbons (Fsp3) is 0.400. The van der Waals surface area contributed by atoms with E-state index >= 15 is 0 Å². The van der Waals surface area contributed by atoms with Crippen LogP contribution in [0.1, 0.15) is 24.2 Å². The number of primary amides is 1. The molecule has 0 aromatic heterocycles. The number of carbonyl (C=O) groups is 3. The third kappa shape index (κ3) is 4.85. The second-order valence-corrected chi connectivity index (χ2v) is 5.05. The van der Waals surface area contributed by atoms with Crippen molar-refractivity contribution in [3.8, 4) is 5.75 Å². The van der Waals surface area contributed by atoms with E-state index in [-0.39, 0.29) is 19.0 Å². The molecule has 2 amide bonds. The summed E-state index contributed by atoms with van der Waals surface area (Å²) in [6.45, 7) is 2.55. The Bertz CT molecular complexity index is 573. The summed E-state index contributed by atoms with van der Waals surface area (Å²) < 4.78 is 10.2. The van der Waals surface area contributed by atoms with Crippen LogP contribution in [0.15, 0.2) is 24.3 Å². The summed E-state index contributed by atoms with van der Waals surface area (Å²) in [7, 11) is 1.40. The number of Topliss-reactive ketones (excluding diaryl/α,β-unsaturated/α-hetero) is 1. The second kappa shape index (κ2) is 7.56. The van der Waals surface area contributed by atoms with Crippen molar-refractivity contribution in [1.29, 1.82) is 0 Å². The molecule has 0 saturated heterocycles. The van der Waals surface area contributed by atoms with E-state index in [2.05, 4.69) is 5.32 Å². The molecule has 1 aromatic carbocycles. The number of ether oxygens (including phenoxy) is 2. The average molecular weight is 308 g/mol. The Morgan fingerprint density at radius 2 is 2.00 bits per heavy atom. The van der Waals surface area contributed by atoms with Gasteiger partial charge in [0.2, 0.25) is 5.91 Å². The molecule has 3 N–H and O–H groups in total. The monoisotopic (exact) mass is 308 g/mol. The first-order chi connectivity index (χ1) is 10.3. The van der Waals surface area contributed by atoms with E-state index in [0.29, 0.717) is 11.3 Å². The van der Waals surface area contributed by atoms with Crippen LogP contribution in [0, 0.1) is 0 Å². The van der Waals surface area contributed by atoms with Gasteiger partial charge in [-0.3, -0.25) is 14.4 Å². The summed E-state index contributed by atoms with van der Waals surface area (Å²) in [5, 5.41) is 2.47. The summed E-state index contributed by atoms with van der Waals surface area (Å²) in [4.78, 5) is 34.5. The minimum atomic E-state index is -1.31. The van der Waals surface area contributed by atoms with Crippen molar-refractivity contribution in [2.45, 2.75) is 19.4 Å². The normalized spacial score (nSPS) is 13.0. The van der Waals surface area contributed by atoms with Gasteiger partial charge in [0.15, 0.2) is 12.4 Å². The van der Waals surface area contributed by atoms with E-state index in [4.69, 9.17) is 15.2 Å². The number of nitrogens with two attached hydrogens (primary N) is 1. The van der Waals surface area contributed by atoms with Crippen LogP contribution in [-0.4, -0.2) is 43.5 Å². The van der Waals surface area contributed by atoms with E-state index in [0.717, 1.165) is 0 Å². The molecule has 7 heteroatoms. The molecular formula is C15H20N2O5. The fourth-order valence-electron chi connectivity index (χ4n) is 1.76. The van der Waals surface area contributed by atoms with Crippen molar-refractivity contribution >= 4 is 17.6 Å². The summed E-state index contributed by atoms with van der Waals surface area (Å²) >= 11 is 0. The topological polar surface area (TPSA) is 108 Å². The largest absolute Gasteiger partial charge is 0.484 e. The maximum atomic E-state index is 11.9. The summed E-state index contributed by atoms with van der Waals surface area (Å²) in [6, 6.07) is 6.47. The molecule has 120 valence electrons. The molecule has 0 fully saturated rings. The highest BCUT2D eigenvalue weighted by atomic mass is 16.5. The van der Waals surface area contributed by atoms with Crippen molar-refractivity contribution in [1.82, 2.24) is 5.32 Å². The van der Waals surface area contributed by atoms with E-state index in [9.17, 15) is 14.4 Å². The first kappa shape index (κ1) is 17.6. The van der Waals surface area contributed by atoms with Gasteiger partial charge in [-0.25, -0.2) is 0 Å². The van der Waals surface area contributed by atoms with Gasteiger partial charge >= 0.3 is 0 Å². The molecule has 1 atom stereocenters. The first-order valence-electron chi connectivity index (χ1n) is 6.62. The number of rotatable bonds is 8. The van der Waals surface area contributed by atoms with Crippen LogP contribution in [0.2, 0.25) is 0 Å². The number of carbonyl (C=O) groups excluding carboxylic acids is 3. The van der Waals surface area contributed by atoms with Gasteiger partial charge in [0, 0.05) is 12.7 Å². The lowest BCUT2D eigenvalue weighted by atomic mass is 10.0. The van der Waals surface area contributed by atoms with Gasteiger partial charge in [0.1, 0.15) is 11.3 Å². The molecule has 0 unspecified atom stereocenters. The molecule has 7 nitrogen and oxygen atoms in total. The van der Waals surface area contributed by atoms with Gasteiger partial charge in [-0.05, 0) is 26.0 Å². The summed E-state index contributed by atoms with van der Waals surface area (Å²) in [5.41, 5.74) is 4.43. The molecule has 0 heterocycles. The third-order valence-electron chi connectivity index (χ3n) is 3.00. The Morgan fingerprint density at radius 1 is 1.32 bits per heavy atom. The van der Waals surface area contributed by atoms with Gasteiger partial charge in [-0.1, -0.05) is 12.1 Å². The Kier molecular flexibility index (Phi) is 6.06. The highest BCUT2D eigenvalue weighted by molar-refractivity contribution is 5.94. The molecule has 0 bridgehead atoms. The molecule has 0 radical (unpaired) electrons. The number of nitrogens with one attached hydrogen (secondary N) is 1. The molecule has 0 saturated carbocycles. The minimum absolute atomic E-state index is 0.0477. The number of amides is 2. The molecule has 0 aliphatic carbocycles. The molecule has 0 aliphatic heterocycles. The smallest absolute Gasteiger partial charge is 0.258 e. The first-order valence-corrected chi connectivity index (χ1v) is 6.62. The zero-order valence-electron chi connectivity index (χ0n) is 12.8. The van der Waals surface area contributed by atoms with Crippen LogP contribution in [0.5, 0.6) is 5.75 Å². The van der Waals surface area contributed by atoms with E-state index in [1.165, 1.54) is 27.0 Å². The summed E-state index contributed by atoms with van der Waals surface area (Å²) in [5.74, 6) is -0.945. The second-order valence-electron chi connectivity index (χ2n) is 5.05. The highest BCUT2D eigenvalue weighted by Gasteiger charge is 2.33. The zero-order chi connectivity index (χ0) is 16.8. The van der Waals surface area contributed by atoms with Crippen molar-refractivity contribution in [3.63, 3.8) is 0 Å². The predicted molar refractivity (Wildman–Crippen MR) is 79.6 cm³/mol. The lowest BCUT2D eigenvalue weighted by Crippen LogP contribution is -2.59. The lowest BCUT2D eigenvalue weighted by molar-refractivity contribution is -0.134. The van der Waals surface area contributed by atoms with Crippen molar-refractivity contribution in [2.24, 2.45) is 5.73 Å². The quantitative estimate of drug-likeness (QED) is 0.670. The van der Waals surface area contributed by atoms with Gasteiger partial charge < -0.3 is 20.5 Å². The van der Waals surface area contributed by atoms with Crippen LogP contribution < -0.4 is 15.8 Å². The van der Waals surface area contributed by atoms with Crippen molar-refractivity contribution in [3.05, 3.63) is 29.8 Å². The van der Waals surface area contributed by atoms with Crippen LogP contribution in [0.4, 0.5) is 0 Å². The van der Waals surface area contributed by atoms with Crippen LogP contribution >= 0.6 is 0 Å². The van der Waals surface area contributed by atoms with E-state index in [1.54, 1.807) is 18.2 Å². The van der Waals surface area contributed by atoms with E-state index < -0.39 is 17.4 Å². The number of benzene rings is 1. The maximum absolute atomic E-state index is 11.9. The fourth-order valence-corrected chi connectivity index (χ4v) is 1.76. The number of ketones is 1. The number of methoxy groups -OCH3 is 1. The van der Waals surface area contributed by atoms with E-state index in [1.807, 2.05) is 0 Å². The van der Waals surface area contributed by atoms with Gasteiger partial charge in [0.05, 0.1) is 6.61 Å². The Morgan fingerprint density at radius 3 is 2.55 bits per heavy atom. The van der Waals surface area contributed by atoms with Crippen LogP contribution in [-0.2, 0) is 14.3 Å². The van der Waals surface area contributed by atoms with Crippen molar-refractivity contribution in [2.75, 3.05) is 20.3 Å². The van der Waals surface area contributed by atoms with Crippen LogP contribution in [0.3, 0.4) is 0 Å². The molecular weight excluding hydrogens is 288 g/mol. The Balaban J connectivity index is 2.64. The molecule has 0 spiro atoms. The summed E-state index contributed by atoms with van der Waals surface area (Å²) in [6.07, 6.45) is 0. The highest BCUT2D eigenvalue weighted by Crippen LogP contribution is 2.13. The van der Waals surface area contributed by atoms with Gasteiger partial charge in [0.25, 0.3) is 5.91 Å².